The number of carbonyl (C=O) groups is 2. The van der Waals surface area contributed by atoms with Gasteiger partial charge >= 0.3 is 5.97 Å². The summed E-state index contributed by atoms with van der Waals surface area (Å²) in [6.45, 7) is 4.75. The Morgan fingerprint density at radius 1 is 1.11 bits per heavy atom. The van der Waals surface area contributed by atoms with Gasteiger partial charge in [-0.25, -0.2) is 0 Å². The number of carboxylic acids is 1. The molecule has 106 valence electrons. The molecule has 0 aromatic heterocycles. The van der Waals surface area contributed by atoms with Crippen molar-refractivity contribution in [1.29, 1.82) is 0 Å². The third-order valence-corrected chi connectivity index (χ3v) is 3.04. The molecule has 0 radical (unpaired) electrons. The van der Waals surface area contributed by atoms with Crippen LogP contribution in [0.4, 0.5) is 0 Å². The average Bonchev–Trinajstić information content (AvgIpc) is 2.34. The monoisotopic (exact) mass is 257 g/mol. The first-order chi connectivity index (χ1) is 8.60. The molecular formula is C14H25O4-. The Bertz CT molecular complexity index is 238. The summed E-state index contributed by atoms with van der Waals surface area (Å²) in [7, 11) is 0. The Hall–Kier alpha value is -1.06. The molecule has 0 aliphatic carbocycles. The van der Waals surface area contributed by atoms with Crippen LogP contribution in [0.25, 0.3) is 0 Å². The van der Waals surface area contributed by atoms with Crippen molar-refractivity contribution >= 4 is 11.9 Å². The first kappa shape index (κ1) is 16.9. The molecule has 0 N–H and O–H groups in total. The van der Waals surface area contributed by atoms with Gasteiger partial charge in [0.1, 0.15) is 0 Å². The van der Waals surface area contributed by atoms with Crippen molar-refractivity contribution in [3.63, 3.8) is 0 Å². The van der Waals surface area contributed by atoms with Crippen molar-refractivity contribution in [2.24, 2.45) is 5.92 Å². The first-order valence-corrected chi connectivity index (χ1v) is 6.95. The number of carbonyl (C=O) groups excluding carboxylic acids is 2. The highest BCUT2D eigenvalue weighted by Gasteiger charge is 2.09. The summed E-state index contributed by atoms with van der Waals surface area (Å²) < 4.78 is 5.20. The third-order valence-electron chi connectivity index (χ3n) is 3.04. The number of hydrogen-bond acceptors (Lipinski definition) is 4. The molecule has 0 aromatic carbocycles. The van der Waals surface area contributed by atoms with Crippen LogP contribution < -0.4 is 5.11 Å². The predicted molar refractivity (Wildman–Crippen MR) is 67.7 cm³/mol. The topological polar surface area (TPSA) is 66.4 Å². The van der Waals surface area contributed by atoms with E-state index in [1.807, 2.05) is 0 Å². The second-order valence-corrected chi connectivity index (χ2v) is 4.68. The van der Waals surface area contributed by atoms with Gasteiger partial charge in [0, 0.05) is 12.4 Å². The van der Waals surface area contributed by atoms with Crippen LogP contribution in [0.5, 0.6) is 0 Å². The van der Waals surface area contributed by atoms with E-state index in [0.29, 0.717) is 31.8 Å². The van der Waals surface area contributed by atoms with E-state index >= 15 is 0 Å². The molecule has 4 nitrogen and oxygen atoms in total. The Labute approximate surface area is 110 Å². The van der Waals surface area contributed by atoms with E-state index < -0.39 is 5.97 Å². The van der Waals surface area contributed by atoms with Crippen LogP contribution in [-0.4, -0.2) is 18.5 Å². The highest BCUT2D eigenvalue weighted by atomic mass is 16.5. The molecular weight excluding hydrogens is 232 g/mol. The van der Waals surface area contributed by atoms with Crippen molar-refractivity contribution in [2.45, 2.75) is 65.2 Å². The van der Waals surface area contributed by atoms with Gasteiger partial charge in [0.15, 0.2) is 0 Å². The SMILES string of the molecule is CCCCC(CC)COC(=O)CCCCC(=O)[O-]. The summed E-state index contributed by atoms with van der Waals surface area (Å²) in [5.74, 6) is -0.825. The maximum Gasteiger partial charge on any atom is 0.305 e. The van der Waals surface area contributed by atoms with E-state index in [0.717, 1.165) is 19.3 Å². The highest BCUT2D eigenvalue weighted by Crippen LogP contribution is 2.13. The number of ether oxygens (including phenoxy) is 1. The smallest absolute Gasteiger partial charge is 0.305 e. The van der Waals surface area contributed by atoms with Gasteiger partial charge in [-0.15, -0.1) is 0 Å². The van der Waals surface area contributed by atoms with E-state index in [1.54, 1.807) is 0 Å². The number of unbranched alkanes of at least 4 members (excludes halogenated alkanes) is 2. The lowest BCUT2D eigenvalue weighted by Crippen LogP contribution is -2.21. The predicted octanol–water partition coefficient (Wildman–Crippen LogP) is 2.06. The number of rotatable bonds is 11. The molecule has 0 aromatic rings. The summed E-state index contributed by atoms with van der Waals surface area (Å²) >= 11 is 0. The van der Waals surface area contributed by atoms with Crippen LogP contribution in [0.1, 0.15) is 65.2 Å². The van der Waals surface area contributed by atoms with E-state index in [2.05, 4.69) is 13.8 Å². The molecule has 0 fully saturated rings. The van der Waals surface area contributed by atoms with Crippen molar-refractivity contribution in [3.8, 4) is 0 Å². The number of hydrogen-bond donors (Lipinski definition) is 0. The largest absolute Gasteiger partial charge is 0.550 e. The minimum Gasteiger partial charge on any atom is -0.550 e. The van der Waals surface area contributed by atoms with E-state index in [-0.39, 0.29) is 12.4 Å². The highest BCUT2D eigenvalue weighted by molar-refractivity contribution is 5.69. The van der Waals surface area contributed by atoms with Crippen LogP contribution in [-0.2, 0) is 14.3 Å². The van der Waals surface area contributed by atoms with E-state index in [9.17, 15) is 14.7 Å². The normalized spacial score (nSPS) is 12.1. The van der Waals surface area contributed by atoms with Crippen molar-refractivity contribution in [1.82, 2.24) is 0 Å². The van der Waals surface area contributed by atoms with Gasteiger partial charge in [0.25, 0.3) is 0 Å². The van der Waals surface area contributed by atoms with Gasteiger partial charge in [0.2, 0.25) is 0 Å². The lowest BCUT2D eigenvalue weighted by Gasteiger charge is -2.14. The second kappa shape index (κ2) is 11.1. The molecule has 0 aliphatic rings. The fraction of sp³-hybridized carbons (Fsp3) is 0.857. The fourth-order valence-corrected chi connectivity index (χ4v) is 1.72. The molecule has 0 bridgehead atoms. The van der Waals surface area contributed by atoms with Gasteiger partial charge in [-0.3, -0.25) is 4.79 Å². The summed E-state index contributed by atoms with van der Waals surface area (Å²) in [4.78, 5) is 21.6. The zero-order chi connectivity index (χ0) is 13.8. The lowest BCUT2D eigenvalue weighted by atomic mass is 10.0. The molecule has 1 atom stereocenters. The molecule has 0 spiro atoms. The Morgan fingerprint density at radius 2 is 1.78 bits per heavy atom. The van der Waals surface area contributed by atoms with Crippen LogP contribution in [0.3, 0.4) is 0 Å². The zero-order valence-corrected chi connectivity index (χ0v) is 11.6. The Kier molecular flexibility index (Phi) is 10.4. The Balaban J connectivity index is 3.58. The van der Waals surface area contributed by atoms with Gasteiger partial charge < -0.3 is 14.6 Å². The first-order valence-electron chi connectivity index (χ1n) is 6.95. The Morgan fingerprint density at radius 3 is 2.33 bits per heavy atom. The quantitative estimate of drug-likeness (QED) is 0.420. The van der Waals surface area contributed by atoms with Crippen molar-refractivity contribution < 1.29 is 19.4 Å². The summed E-state index contributed by atoms with van der Waals surface area (Å²) in [5.41, 5.74) is 0. The average molecular weight is 257 g/mol. The standard InChI is InChI=1S/C14H26O4/c1-3-5-8-12(4-2)11-18-14(17)10-7-6-9-13(15)16/h12H,3-11H2,1-2H3,(H,15,16)/p-1. The fourth-order valence-electron chi connectivity index (χ4n) is 1.72. The molecule has 1 unspecified atom stereocenters. The van der Waals surface area contributed by atoms with Gasteiger partial charge in [-0.05, 0) is 31.6 Å². The van der Waals surface area contributed by atoms with Gasteiger partial charge in [0.05, 0.1) is 6.61 Å². The van der Waals surface area contributed by atoms with Gasteiger partial charge in [-0.2, -0.15) is 0 Å². The second-order valence-electron chi connectivity index (χ2n) is 4.68. The molecule has 0 saturated heterocycles. The maximum atomic E-state index is 11.4. The molecule has 0 aliphatic heterocycles. The summed E-state index contributed by atoms with van der Waals surface area (Å²) in [6, 6.07) is 0. The molecule has 18 heavy (non-hydrogen) atoms. The van der Waals surface area contributed by atoms with Crippen molar-refractivity contribution in [3.05, 3.63) is 0 Å². The number of aliphatic carboxylic acids is 1. The zero-order valence-electron chi connectivity index (χ0n) is 11.6. The number of esters is 1. The van der Waals surface area contributed by atoms with E-state index in [1.165, 1.54) is 6.42 Å². The van der Waals surface area contributed by atoms with Crippen LogP contribution >= 0.6 is 0 Å². The summed E-state index contributed by atoms with van der Waals surface area (Å²) in [5, 5.41) is 10.2. The molecule has 0 rings (SSSR count). The molecule has 4 heteroatoms. The molecule has 0 heterocycles. The number of carboxylic acid groups (broad SMARTS) is 1. The minimum absolute atomic E-state index is 0.0152. The third kappa shape index (κ3) is 10.1. The lowest BCUT2D eigenvalue weighted by molar-refractivity contribution is -0.305. The molecule has 0 saturated carbocycles. The van der Waals surface area contributed by atoms with Crippen LogP contribution in [0.15, 0.2) is 0 Å². The van der Waals surface area contributed by atoms with Crippen LogP contribution in [0.2, 0.25) is 0 Å². The van der Waals surface area contributed by atoms with Crippen LogP contribution in [0, 0.1) is 5.92 Å². The molecule has 0 amide bonds. The maximum absolute atomic E-state index is 11.4. The summed E-state index contributed by atoms with van der Waals surface area (Å²) in [6.07, 6.45) is 5.81. The minimum atomic E-state index is -1.06. The van der Waals surface area contributed by atoms with Crippen molar-refractivity contribution in [2.75, 3.05) is 6.61 Å². The van der Waals surface area contributed by atoms with E-state index in [4.69, 9.17) is 4.74 Å². The van der Waals surface area contributed by atoms with Gasteiger partial charge in [-0.1, -0.05) is 33.1 Å².